The predicted molar refractivity (Wildman–Crippen MR) is 112 cm³/mol. The summed E-state index contributed by atoms with van der Waals surface area (Å²) in [6, 6.07) is 6.31. The van der Waals surface area contributed by atoms with Gasteiger partial charge in [0.15, 0.2) is 5.96 Å². The van der Waals surface area contributed by atoms with Crippen molar-refractivity contribution in [3.63, 3.8) is 0 Å². The number of carbonyl (C=O) groups is 1. The number of nitrogens with zero attached hydrogens (tertiary/aromatic N) is 1. The minimum atomic E-state index is -0.248. The van der Waals surface area contributed by atoms with Gasteiger partial charge in [-0.2, -0.15) is 0 Å². The summed E-state index contributed by atoms with van der Waals surface area (Å²) >= 11 is 0. The Labute approximate surface area is 172 Å². The average Bonchev–Trinajstić information content (AvgIpc) is 3.10. The summed E-state index contributed by atoms with van der Waals surface area (Å²) in [6.45, 7) is 3.86. The predicted octanol–water partition coefficient (Wildman–Crippen LogP) is 3.76. The van der Waals surface area contributed by atoms with E-state index in [-0.39, 0.29) is 41.9 Å². The smallest absolute Gasteiger partial charge is 0.306 e. The fourth-order valence-electron chi connectivity index (χ4n) is 2.79. The second-order valence-electron chi connectivity index (χ2n) is 6.25. The first-order valence-corrected chi connectivity index (χ1v) is 9.13. The standard InChI is InChI=1S/C19H28FN3O2.HI/c1-2-21-19(23-14-15-9-11-16(20)12-10-15)22-13-5-8-18(24)25-17-6-3-4-7-17;/h9-12,17H,2-8,13-14H2,1H3,(H2,21,22,23);1H. The van der Waals surface area contributed by atoms with E-state index in [1.165, 1.54) is 12.1 Å². The van der Waals surface area contributed by atoms with Gasteiger partial charge in [-0.25, -0.2) is 9.38 Å². The molecule has 2 N–H and O–H groups in total. The molecule has 0 atom stereocenters. The molecule has 0 aliphatic heterocycles. The molecular weight excluding hydrogens is 448 g/mol. The van der Waals surface area contributed by atoms with Crippen LogP contribution in [0.5, 0.6) is 0 Å². The summed E-state index contributed by atoms with van der Waals surface area (Å²) in [5, 5.41) is 6.37. The van der Waals surface area contributed by atoms with E-state index in [9.17, 15) is 9.18 Å². The molecule has 0 unspecified atom stereocenters. The zero-order chi connectivity index (χ0) is 17.9. The largest absolute Gasteiger partial charge is 0.462 e. The van der Waals surface area contributed by atoms with Crippen molar-refractivity contribution in [3.8, 4) is 0 Å². The number of halogens is 2. The quantitative estimate of drug-likeness (QED) is 0.197. The Morgan fingerprint density at radius 3 is 2.58 bits per heavy atom. The second-order valence-corrected chi connectivity index (χ2v) is 6.25. The van der Waals surface area contributed by atoms with Gasteiger partial charge in [0.2, 0.25) is 0 Å². The van der Waals surface area contributed by atoms with Gasteiger partial charge in [-0.15, -0.1) is 24.0 Å². The summed E-state index contributed by atoms with van der Waals surface area (Å²) in [7, 11) is 0. The molecule has 7 heteroatoms. The minimum absolute atomic E-state index is 0. The highest BCUT2D eigenvalue weighted by atomic mass is 127. The highest BCUT2D eigenvalue weighted by Crippen LogP contribution is 2.21. The number of nitrogens with one attached hydrogen (secondary N) is 2. The lowest BCUT2D eigenvalue weighted by molar-refractivity contribution is -0.148. The van der Waals surface area contributed by atoms with Crippen LogP contribution >= 0.6 is 24.0 Å². The van der Waals surface area contributed by atoms with Crippen LogP contribution in [0.4, 0.5) is 4.39 Å². The fraction of sp³-hybridized carbons (Fsp3) is 0.579. The molecular formula is C19H29FIN3O2. The third kappa shape index (κ3) is 8.82. The first-order chi connectivity index (χ1) is 12.2. The van der Waals surface area contributed by atoms with Gasteiger partial charge < -0.3 is 15.4 Å². The maximum atomic E-state index is 12.9. The van der Waals surface area contributed by atoms with Crippen molar-refractivity contribution in [3.05, 3.63) is 35.6 Å². The second kappa shape index (κ2) is 12.9. The first kappa shape index (κ1) is 22.7. The molecule has 1 saturated carbocycles. The number of hydrogen-bond acceptors (Lipinski definition) is 3. The van der Waals surface area contributed by atoms with Crippen molar-refractivity contribution in [2.75, 3.05) is 13.1 Å². The fourth-order valence-corrected chi connectivity index (χ4v) is 2.79. The van der Waals surface area contributed by atoms with E-state index in [1.54, 1.807) is 12.1 Å². The van der Waals surface area contributed by atoms with Gasteiger partial charge in [-0.05, 0) is 56.7 Å². The molecule has 1 aromatic carbocycles. The van der Waals surface area contributed by atoms with Crippen LogP contribution < -0.4 is 10.6 Å². The summed E-state index contributed by atoms with van der Waals surface area (Å²) in [5.41, 5.74) is 0.943. The maximum Gasteiger partial charge on any atom is 0.306 e. The van der Waals surface area contributed by atoms with Crippen LogP contribution in [0.15, 0.2) is 29.3 Å². The lowest BCUT2D eigenvalue weighted by Crippen LogP contribution is -2.37. The van der Waals surface area contributed by atoms with Gasteiger partial charge in [-0.3, -0.25) is 4.79 Å². The summed E-state index contributed by atoms with van der Waals surface area (Å²) < 4.78 is 18.3. The molecule has 1 aliphatic rings. The molecule has 0 radical (unpaired) electrons. The Bertz CT molecular complexity index is 560. The van der Waals surface area contributed by atoms with Crippen molar-refractivity contribution in [1.82, 2.24) is 10.6 Å². The Morgan fingerprint density at radius 1 is 1.23 bits per heavy atom. The lowest BCUT2D eigenvalue weighted by Gasteiger charge is -2.13. The van der Waals surface area contributed by atoms with Crippen LogP contribution in [0.2, 0.25) is 0 Å². The number of aliphatic imine (C=N–C) groups is 1. The van der Waals surface area contributed by atoms with Crippen molar-refractivity contribution in [2.24, 2.45) is 4.99 Å². The monoisotopic (exact) mass is 477 g/mol. The molecule has 1 aliphatic carbocycles. The van der Waals surface area contributed by atoms with E-state index in [2.05, 4.69) is 15.6 Å². The van der Waals surface area contributed by atoms with E-state index in [0.29, 0.717) is 31.9 Å². The van der Waals surface area contributed by atoms with Crippen LogP contribution in [-0.4, -0.2) is 31.1 Å². The van der Waals surface area contributed by atoms with Gasteiger partial charge in [0.1, 0.15) is 11.9 Å². The maximum absolute atomic E-state index is 12.9. The number of ether oxygens (including phenoxy) is 1. The lowest BCUT2D eigenvalue weighted by atomic mass is 10.2. The number of rotatable bonds is 8. The Morgan fingerprint density at radius 2 is 1.92 bits per heavy atom. The van der Waals surface area contributed by atoms with Gasteiger partial charge >= 0.3 is 5.97 Å². The van der Waals surface area contributed by atoms with Crippen molar-refractivity contribution < 1.29 is 13.9 Å². The highest BCUT2D eigenvalue weighted by molar-refractivity contribution is 14.0. The van der Waals surface area contributed by atoms with Gasteiger partial charge in [0.05, 0.1) is 6.54 Å². The van der Waals surface area contributed by atoms with Crippen LogP contribution in [0, 0.1) is 5.82 Å². The van der Waals surface area contributed by atoms with Gasteiger partial charge in [0, 0.05) is 19.5 Å². The molecule has 0 spiro atoms. The topological polar surface area (TPSA) is 62.7 Å². The number of carbonyl (C=O) groups excluding carboxylic acids is 1. The summed E-state index contributed by atoms with van der Waals surface area (Å²) in [5.74, 6) is 0.334. The van der Waals surface area contributed by atoms with E-state index in [4.69, 9.17) is 4.74 Å². The third-order valence-electron chi connectivity index (χ3n) is 4.13. The number of hydrogen-bond donors (Lipinski definition) is 2. The number of benzene rings is 1. The van der Waals surface area contributed by atoms with Crippen LogP contribution in [0.25, 0.3) is 0 Å². The molecule has 0 heterocycles. The van der Waals surface area contributed by atoms with E-state index in [0.717, 1.165) is 37.8 Å². The number of guanidine groups is 1. The molecule has 26 heavy (non-hydrogen) atoms. The van der Waals surface area contributed by atoms with Gasteiger partial charge in [-0.1, -0.05) is 12.1 Å². The molecule has 146 valence electrons. The molecule has 5 nitrogen and oxygen atoms in total. The third-order valence-corrected chi connectivity index (χ3v) is 4.13. The van der Waals surface area contributed by atoms with Crippen LogP contribution in [-0.2, 0) is 16.1 Å². The molecule has 0 bridgehead atoms. The molecule has 2 rings (SSSR count). The average molecular weight is 477 g/mol. The Balaban J connectivity index is 0.00000338. The molecule has 0 saturated heterocycles. The molecule has 0 aromatic heterocycles. The van der Waals surface area contributed by atoms with E-state index >= 15 is 0 Å². The minimum Gasteiger partial charge on any atom is -0.462 e. The molecule has 1 aromatic rings. The Hall–Kier alpha value is -1.38. The summed E-state index contributed by atoms with van der Waals surface area (Å²) in [4.78, 5) is 16.3. The normalized spacial score (nSPS) is 14.6. The first-order valence-electron chi connectivity index (χ1n) is 9.13. The molecule has 1 fully saturated rings. The zero-order valence-electron chi connectivity index (χ0n) is 15.3. The van der Waals surface area contributed by atoms with Crippen LogP contribution in [0.3, 0.4) is 0 Å². The SMILES string of the molecule is CCNC(=NCc1ccc(F)cc1)NCCCC(=O)OC1CCCC1.I. The molecule has 0 amide bonds. The Kier molecular flexibility index (Phi) is 11.2. The van der Waals surface area contributed by atoms with E-state index < -0.39 is 0 Å². The van der Waals surface area contributed by atoms with Crippen molar-refractivity contribution >= 4 is 35.9 Å². The van der Waals surface area contributed by atoms with Gasteiger partial charge in [0.25, 0.3) is 0 Å². The highest BCUT2D eigenvalue weighted by Gasteiger charge is 2.18. The van der Waals surface area contributed by atoms with E-state index in [1.807, 2.05) is 6.92 Å². The number of esters is 1. The van der Waals surface area contributed by atoms with Crippen molar-refractivity contribution in [1.29, 1.82) is 0 Å². The van der Waals surface area contributed by atoms with Crippen LogP contribution in [0.1, 0.15) is 51.0 Å². The summed E-state index contributed by atoms with van der Waals surface area (Å²) in [6.07, 6.45) is 5.59. The van der Waals surface area contributed by atoms with Crippen molar-refractivity contribution in [2.45, 2.75) is 58.1 Å². The zero-order valence-corrected chi connectivity index (χ0v) is 17.6.